The third kappa shape index (κ3) is 4.14. The number of alkyl halides is 24. The van der Waals surface area contributed by atoms with Crippen LogP contribution in [0, 0.1) is 0 Å². The molecule has 0 amide bonds. The van der Waals surface area contributed by atoms with Crippen molar-refractivity contribution in [3.63, 3.8) is 0 Å². The van der Waals surface area contributed by atoms with Crippen molar-refractivity contribution in [1.29, 1.82) is 0 Å². The van der Waals surface area contributed by atoms with Gasteiger partial charge in [-0.2, -0.15) is 0 Å². The Morgan fingerprint density at radius 1 is 0.263 bits per heavy atom. The summed E-state index contributed by atoms with van der Waals surface area (Å²) in [6, 6.07) is 0. The maximum atomic E-state index is 13.6. The third-order valence-corrected chi connectivity index (χ3v) is 8.96. The Hall–Kier alpha value is -1.26. The summed E-state index contributed by atoms with van der Waals surface area (Å²) in [5, 5.41) is 0. The minimum atomic E-state index is -12.4. The van der Waals surface area contributed by atoms with Crippen LogP contribution in [0.15, 0.2) is 0 Å². The molecule has 0 saturated heterocycles. The molecule has 0 spiro atoms. The average molecular weight is 702 g/mol. The van der Waals surface area contributed by atoms with Gasteiger partial charge in [-0.3, -0.25) is 0 Å². The summed E-state index contributed by atoms with van der Waals surface area (Å²) in [5.74, 6) is -46.1. The number of rotatable bonds is 8. The van der Waals surface area contributed by atoms with E-state index >= 15 is 0 Å². The van der Waals surface area contributed by atoms with Crippen LogP contribution in [0.1, 0.15) is 0 Å². The van der Waals surface area contributed by atoms with Gasteiger partial charge >= 0.3 is 190 Å². The van der Waals surface area contributed by atoms with E-state index in [2.05, 4.69) is 0 Å². The van der Waals surface area contributed by atoms with Gasteiger partial charge < -0.3 is 0 Å². The molecule has 0 N–H and O–H groups in total. The SMILES string of the molecule is FC(F)(F)C(F)(F)C(F)(F)C(F)(F)C(F)(F)C(F)(F)[AsH](F)(F)C(F)(F)C(F)(F)C(F)(C(F)(F)F)C(F)(F)F. The Balaban J connectivity index is 7.44. The van der Waals surface area contributed by atoms with Gasteiger partial charge in [0.1, 0.15) is 0 Å². The zero-order valence-corrected chi connectivity index (χ0v) is 17.9. The van der Waals surface area contributed by atoms with Gasteiger partial charge in [-0.1, -0.05) is 0 Å². The summed E-state index contributed by atoms with van der Waals surface area (Å²) in [6.07, 6.45) is -25.4. The molecule has 0 aromatic carbocycles. The zero-order valence-electron chi connectivity index (χ0n) is 15.8. The average Bonchev–Trinajstić information content (AvgIpc) is 2.63. The Morgan fingerprint density at radius 2 is 0.500 bits per heavy atom. The zero-order chi connectivity index (χ0) is 32.0. The van der Waals surface area contributed by atoms with Crippen LogP contribution in [0.2, 0.25) is 0 Å². The normalized spacial score (nSPS) is 17.6. The van der Waals surface area contributed by atoms with E-state index in [0.717, 1.165) is 0 Å². The fraction of sp³-hybridized carbons (Fsp3) is 1.00. The van der Waals surface area contributed by atoms with Crippen LogP contribution in [-0.2, 0) is 0 Å². The second-order valence-electron chi connectivity index (χ2n) is 6.75. The van der Waals surface area contributed by atoms with Gasteiger partial charge in [-0.25, -0.2) is 0 Å². The molecule has 0 aliphatic rings. The molecule has 0 radical (unpaired) electrons. The van der Waals surface area contributed by atoms with E-state index in [-0.39, 0.29) is 0 Å². The van der Waals surface area contributed by atoms with Gasteiger partial charge in [0.25, 0.3) is 0 Å². The molecule has 0 nitrogen and oxygen atoms in total. The number of halogens is 26. The molecule has 0 aliphatic carbocycles. The monoisotopic (exact) mass is 702 g/mol. The molecule has 0 rings (SSSR count). The van der Waals surface area contributed by atoms with E-state index in [9.17, 15) is 112 Å². The molecule has 0 fully saturated rings. The molecule has 38 heavy (non-hydrogen) atoms. The molecule has 0 unspecified atom stereocenters. The van der Waals surface area contributed by atoms with E-state index < -0.39 is 77.7 Å². The van der Waals surface area contributed by atoms with Crippen LogP contribution >= 0.6 is 0 Å². The Bertz CT molecular complexity index is 851. The summed E-state index contributed by atoms with van der Waals surface area (Å²) in [7, 11) is 0. The summed E-state index contributed by atoms with van der Waals surface area (Å²) in [5.41, 5.74) is -9.10. The van der Waals surface area contributed by atoms with E-state index in [1.807, 2.05) is 0 Å². The number of hydrogen-bond donors (Lipinski definition) is 0. The van der Waals surface area contributed by atoms with Crippen LogP contribution < -0.4 is 0 Å². The van der Waals surface area contributed by atoms with Crippen molar-refractivity contribution in [2.45, 2.75) is 63.2 Å². The van der Waals surface area contributed by atoms with Gasteiger partial charge in [0, 0.05) is 0 Å². The molecule has 0 aliphatic heterocycles. The molecule has 0 heterocycles. The Kier molecular flexibility index (Phi) is 8.33. The van der Waals surface area contributed by atoms with E-state index in [0.29, 0.717) is 0 Å². The first-order valence-electron chi connectivity index (χ1n) is 7.66. The molecule has 0 bridgehead atoms. The van der Waals surface area contributed by atoms with Crippen LogP contribution in [-0.4, -0.2) is 77.7 Å². The van der Waals surface area contributed by atoms with Gasteiger partial charge in [-0.05, 0) is 0 Å². The summed E-state index contributed by atoms with van der Waals surface area (Å²) in [6.45, 7) is 0. The molecule has 0 aromatic rings. The second-order valence-corrected chi connectivity index (χ2v) is 11.8. The first kappa shape index (κ1) is 36.7. The van der Waals surface area contributed by atoms with Gasteiger partial charge in [0.05, 0.1) is 0 Å². The molecule has 0 aromatic heterocycles. The summed E-state index contributed by atoms with van der Waals surface area (Å²) < 4.78 is 315. The predicted molar refractivity (Wildman–Crippen MR) is 66.0 cm³/mol. The minimum absolute atomic E-state index is 8.18. The summed E-state index contributed by atoms with van der Waals surface area (Å²) >= 11 is -12.4. The van der Waals surface area contributed by atoms with Gasteiger partial charge in [-0.15, -0.1) is 0 Å². The van der Waals surface area contributed by atoms with Crippen LogP contribution in [0.4, 0.5) is 112 Å². The van der Waals surface area contributed by atoms with Crippen LogP contribution in [0.5, 0.6) is 0 Å². The Labute approximate surface area is 191 Å². The van der Waals surface area contributed by atoms with Crippen molar-refractivity contribution in [2.75, 3.05) is 0 Å². The van der Waals surface area contributed by atoms with Crippen molar-refractivity contribution in [3.05, 3.63) is 0 Å². The molecular weight excluding hydrogens is 701 g/mol. The molecule has 232 valence electrons. The molecular formula is C11HAsF26. The van der Waals surface area contributed by atoms with E-state index in [1.165, 1.54) is 0 Å². The fourth-order valence-electron chi connectivity index (χ4n) is 2.09. The van der Waals surface area contributed by atoms with Crippen LogP contribution in [0.3, 0.4) is 0 Å². The van der Waals surface area contributed by atoms with Crippen molar-refractivity contribution < 1.29 is 112 Å². The maximum absolute atomic E-state index is 13.6. The first-order valence-corrected chi connectivity index (χ1v) is 11.3. The van der Waals surface area contributed by atoms with Crippen molar-refractivity contribution in [2.24, 2.45) is 0 Å². The predicted octanol–water partition coefficient (Wildman–Crippen LogP) is 8.02. The fourth-order valence-corrected chi connectivity index (χ4v) is 5.27. The quantitative estimate of drug-likeness (QED) is 0.178. The van der Waals surface area contributed by atoms with Crippen molar-refractivity contribution in [1.82, 2.24) is 0 Å². The van der Waals surface area contributed by atoms with Gasteiger partial charge in [0.2, 0.25) is 0 Å². The van der Waals surface area contributed by atoms with E-state index in [4.69, 9.17) is 0 Å². The first-order chi connectivity index (χ1) is 15.8. The molecule has 0 atom stereocenters. The number of hydrogen-bond acceptors (Lipinski definition) is 0. The standard InChI is InChI=1S/C11HAsF26/c13-1(9(28,29)30,10(31,32)33)2(14,15)7(24,25)12(37,38)8(26,27)5(20,21)3(16,17)4(18,19)6(22,23)11(34,35)36/h12H. The van der Waals surface area contributed by atoms with E-state index in [1.54, 1.807) is 0 Å². The van der Waals surface area contributed by atoms with Crippen LogP contribution in [0.25, 0.3) is 0 Å². The van der Waals surface area contributed by atoms with Crippen molar-refractivity contribution >= 4 is 14.5 Å². The topological polar surface area (TPSA) is 0 Å². The van der Waals surface area contributed by atoms with Gasteiger partial charge in [0.15, 0.2) is 0 Å². The Morgan fingerprint density at radius 3 is 0.737 bits per heavy atom. The summed E-state index contributed by atoms with van der Waals surface area (Å²) in [4.78, 5) is 0. The molecule has 27 heteroatoms. The molecule has 0 saturated carbocycles. The second kappa shape index (κ2) is 8.62. The van der Waals surface area contributed by atoms with Crippen molar-refractivity contribution in [3.8, 4) is 0 Å². The third-order valence-electron chi connectivity index (χ3n) is 4.33.